The number of benzene rings is 2. The van der Waals surface area contributed by atoms with E-state index in [1.165, 1.54) is 19.2 Å². The fraction of sp³-hybridized carbons (Fsp3) is 0.100. The van der Waals surface area contributed by atoms with Crippen LogP contribution in [0.5, 0.6) is 5.88 Å². The van der Waals surface area contributed by atoms with E-state index in [-0.39, 0.29) is 16.3 Å². The maximum absolute atomic E-state index is 11.7. The van der Waals surface area contributed by atoms with Crippen molar-refractivity contribution in [3.8, 4) is 34.3 Å². The Labute approximate surface area is 173 Å². The molecule has 3 aromatic rings. The van der Waals surface area contributed by atoms with E-state index in [9.17, 15) is 13.7 Å². The number of nitrogens with zero attached hydrogens (tertiary/aromatic N) is 2. The number of ether oxygens (including phenoxy) is 1. The van der Waals surface area contributed by atoms with Crippen molar-refractivity contribution in [3.05, 3.63) is 64.1 Å². The smallest absolute Gasteiger partial charge is 0.232 e. The number of hydrogen-bond acceptors (Lipinski definition) is 5. The van der Waals surface area contributed by atoms with E-state index in [4.69, 9.17) is 27.9 Å². The zero-order valence-corrected chi connectivity index (χ0v) is 17.2. The van der Waals surface area contributed by atoms with Crippen LogP contribution in [0.1, 0.15) is 5.56 Å². The molecule has 142 valence electrons. The minimum absolute atomic E-state index is 0.167. The molecule has 28 heavy (non-hydrogen) atoms. The second-order valence-corrected chi connectivity index (χ2v) is 8.83. The quantitative estimate of drug-likeness (QED) is 0.578. The Morgan fingerprint density at radius 2 is 1.71 bits per heavy atom. The number of hydrogen-bond donors (Lipinski definition) is 0. The first-order valence-electron chi connectivity index (χ1n) is 7.99. The minimum atomic E-state index is -3.32. The summed E-state index contributed by atoms with van der Waals surface area (Å²) in [6.45, 7) is 0. The molecule has 0 amide bonds. The number of halogens is 2. The van der Waals surface area contributed by atoms with Gasteiger partial charge in [0.2, 0.25) is 5.88 Å². The van der Waals surface area contributed by atoms with Crippen molar-refractivity contribution < 1.29 is 13.2 Å². The monoisotopic (exact) mass is 432 g/mol. The Bertz CT molecular complexity index is 1200. The lowest BCUT2D eigenvalue weighted by Crippen LogP contribution is -1.99. The zero-order chi connectivity index (χ0) is 20.5. The van der Waals surface area contributed by atoms with Gasteiger partial charge in [0.1, 0.15) is 11.6 Å². The molecule has 1 aromatic heterocycles. The molecular weight excluding hydrogens is 419 g/mol. The molecule has 0 bridgehead atoms. The van der Waals surface area contributed by atoms with Gasteiger partial charge in [0, 0.05) is 22.4 Å². The third kappa shape index (κ3) is 3.97. The number of aromatic nitrogens is 1. The van der Waals surface area contributed by atoms with Crippen LogP contribution >= 0.6 is 23.2 Å². The maximum atomic E-state index is 11.7. The van der Waals surface area contributed by atoms with Gasteiger partial charge in [-0.3, -0.25) is 0 Å². The SMILES string of the molecule is COc1nc(-c2ccc(Cl)cc2Cl)c(-c2ccc(S(C)(=O)=O)cc2)cc1C#N. The lowest BCUT2D eigenvalue weighted by Gasteiger charge is -2.14. The normalized spacial score (nSPS) is 11.1. The van der Waals surface area contributed by atoms with Gasteiger partial charge < -0.3 is 4.74 Å². The maximum Gasteiger partial charge on any atom is 0.232 e. The third-order valence-corrected chi connectivity index (χ3v) is 5.76. The van der Waals surface area contributed by atoms with Crippen molar-refractivity contribution in [3.63, 3.8) is 0 Å². The van der Waals surface area contributed by atoms with Gasteiger partial charge >= 0.3 is 0 Å². The highest BCUT2D eigenvalue weighted by Gasteiger charge is 2.18. The van der Waals surface area contributed by atoms with Gasteiger partial charge in [-0.1, -0.05) is 35.3 Å². The molecule has 0 radical (unpaired) electrons. The molecule has 0 saturated heterocycles. The van der Waals surface area contributed by atoms with Gasteiger partial charge in [-0.25, -0.2) is 13.4 Å². The molecule has 0 aliphatic carbocycles. The fourth-order valence-corrected chi connectivity index (χ4v) is 3.85. The minimum Gasteiger partial charge on any atom is -0.480 e. The third-order valence-electron chi connectivity index (χ3n) is 4.08. The van der Waals surface area contributed by atoms with Crippen molar-refractivity contribution in [2.24, 2.45) is 0 Å². The van der Waals surface area contributed by atoms with Crippen LogP contribution in [-0.2, 0) is 9.84 Å². The summed E-state index contributed by atoms with van der Waals surface area (Å²) in [5.74, 6) is 0.167. The van der Waals surface area contributed by atoms with Gasteiger partial charge in [-0.05, 0) is 42.0 Å². The zero-order valence-electron chi connectivity index (χ0n) is 14.9. The van der Waals surface area contributed by atoms with E-state index < -0.39 is 9.84 Å². The lowest BCUT2D eigenvalue weighted by atomic mass is 9.98. The Morgan fingerprint density at radius 1 is 1.04 bits per heavy atom. The number of rotatable bonds is 4. The topological polar surface area (TPSA) is 80.0 Å². The molecule has 0 N–H and O–H groups in total. The molecule has 0 aliphatic heterocycles. The highest BCUT2D eigenvalue weighted by Crippen LogP contribution is 2.38. The van der Waals surface area contributed by atoms with Gasteiger partial charge in [-0.2, -0.15) is 5.26 Å². The van der Waals surface area contributed by atoms with Crippen molar-refractivity contribution in [1.29, 1.82) is 5.26 Å². The molecule has 3 rings (SSSR count). The van der Waals surface area contributed by atoms with Crippen LogP contribution < -0.4 is 4.74 Å². The summed E-state index contributed by atoms with van der Waals surface area (Å²) in [6.07, 6.45) is 1.14. The largest absolute Gasteiger partial charge is 0.480 e. The molecule has 0 spiro atoms. The van der Waals surface area contributed by atoms with Crippen LogP contribution in [0.4, 0.5) is 0 Å². The van der Waals surface area contributed by atoms with E-state index >= 15 is 0 Å². The van der Waals surface area contributed by atoms with E-state index in [1.807, 2.05) is 0 Å². The van der Waals surface area contributed by atoms with Crippen LogP contribution in [-0.4, -0.2) is 26.8 Å². The van der Waals surface area contributed by atoms with E-state index in [1.54, 1.807) is 36.4 Å². The standard InChI is InChI=1S/C20H14Cl2N2O3S/c1-27-20-13(11-23)9-17(12-3-6-15(7-4-12)28(2,25)26)19(24-20)16-8-5-14(21)10-18(16)22/h3-10H,1-2H3. The van der Waals surface area contributed by atoms with Gasteiger partial charge in [0.05, 0.1) is 22.7 Å². The van der Waals surface area contributed by atoms with Crippen LogP contribution in [0, 0.1) is 11.3 Å². The average Bonchev–Trinajstić information content (AvgIpc) is 2.66. The number of sulfone groups is 1. The highest BCUT2D eigenvalue weighted by molar-refractivity contribution is 7.90. The summed E-state index contributed by atoms with van der Waals surface area (Å²) in [5.41, 5.74) is 2.64. The first kappa shape index (κ1) is 20.2. The molecule has 0 fully saturated rings. The van der Waals surface area contributed by atoms with Gasteiger partial charge in [0.25, 0.3) is 0 Å². The Morgan fingerprint density at radius 3 is 2.25 bits per heavy atom. The number of methoxy groups -OCH3 is 1. The number of pyridine rings is 1. The van der Waals surface area contributed by atoms with Crippen molar-refractivity contribution >= 4 is 33.0 Å². The molecule has 0 aliphatic rings. The second kappa shape index (κ2) is 7.80. The summed E-state index contributed by atoms with van der Waals surface area (Å²) in [4.78, 5) is 4.68. The van der Waals surface area contributed by atoms with E-state index in [0.717, 1.165) is 6.26 Å². The molecule has 5 nitrogen and oxygen atoms in total. The fourth-order valence-electron chi connectivity index (χ4n) is 2.72. The molecule has 0 saturated carbocycles. The average molecular weight is 433 g/mol. The first-order chi connectivity index (χ1) is 13.2. The number of nitriles is 1. The molecule has 0 atom stereocenters. The molecule has 8 heteroatoms. The second-order valence-electron chi connectivity index (χ2n) is 5.97. The Kier molecular flexibility index (Phi) is 5.61. The predicted octanol–water partition coefficient (Wildman–Crippen LogP) is 5.01. The van der Waals surface area contributed by atoms with Gasteiger partial charge in [0.15, 0.2) is 9.84 Å². The van der Waals surface area contributed by atoms with Crippen molar-refractivity contribution in [1.82, 2.24) is 4.98 Å². The summed E-state index contributed by atoms with van der Waals surface area (Å²) in [5, 5.41) is 10.3. The lowest BCUT2D eigenvalue weighted by molar-refractivity contribution is 0.397. The Hall–Kier alpha value is -2.59. The molecule has 2 aromatic carbocycles. The molecular formula is C20H14Cl2N2O3S. The van der Waals surface area contributed by atoms with Gasteiger partial charge in [-0.15, -0.1) is 0 Å². The Balaban J connectivity index is 2.28. The summed E-state index contributed by atoms with van der Waals surface area (Å²) in [7, 11) is -1.90. The van der Waals surface area contributed by atoms with Crippen LogP contribution in [0.2, 0.25) is 10.0 Å². The van der Waals surface area contributed by atoms with E-state index in [0.29, 0.717) is 32.4 Å². The van der Waals surface area contributed by atoms with Crippen molar-refractivity contribution in [2.75, 3.05) is 13.4 Å². The molecule has 1 heterocycles. The summed E-state index contributed by atoms with van der Waals surface area (Å²) < 4.78 is 28.7. The van der Waals surface area contributed by atoms with Crippen molar-refractivity contribution in [2.45, 2.75) is 4.90 Å². The molecule has 0 unspecified atom stereocenters. The predicted molar refractivity (Wildman–Crippen MR) is 110 cm³/mol. The first-order valence-corrected chi connectivity index (χ1v) is 10.6. The van der Waals surface area contributed by atoms with Crippen LogP contribution in [0.25, 0.3) is 22.4 Å². The summed E-state index contributed by atoms with van der Waals surface area (Å²) >= 11 is 12.4. The van der Waals surface area contributed by atoms with E-state index in [2.05, 4.69) is 11.1 Å². The summed E-state index contributed by atoms with van der Waals surface area (Å²) in [6, 6.07) is 15.0. The van der Waals surface area contributed by atoms with Crippen LogP contribution in [0.15, 0.2) is 53.4 Å². The highest BCUT2D eigenvalue weighted by atomic mass is 35.5. The van der Waals surface area contributed by atoms with Crippen LogP contribution in [0.3, 0.4) is 0 Å².